The third-order valence-electron chi connectivity index (χ3n) is 5.87. The van der Waals surface area contributed by atoms with Crippen molar-refractivity contribution in [3.63, 3.8) is 0 Å². The fourth-order valence-electron chi connectivity index (χ4n) is 4.35. The SMILES string of the molecule is O=C1NCCc2ccc(CNC3CCc4cc(-c5cccnc5)ccc43)cc21. The van der Waals surface area contributed by atoms with Crippen LogP contribution < -0.4 is 10.6 Å². The minimum atomic E-state index is 0.0530. The average Bonchev–Trinajstić information content (AvgIpc) is 3.15. The fraction of sp³-hybridized carbons (Fsp3) is 0.250. The molecule has 0 radical (unpaired) electrons. The smallest absolute Gasteiger partial charge is 0.251 e. The van der Waals surface area contributed by atoms with Crippen molar-refractivity contribution >= 4 is 5.91 Å². The summed E-state index contributed by atoms with van der Waals surface area (Å²) >= 11 is 0. The number of hydrogen-bond acceptors (Lipinski definition) is 3. The first-order valence-electron chi connectivity index (χ1n) is 9.94. The molecule has 2 aromatic carbocycles. The van der Waals surface area contributed by atoms with E-state index in [4.69, 9.17) is 0 Å². The molecule has 140 valence electrons. The van der Waals surface area contributed by atoms with Crippen LogP contribution in [0.3, 0.4) is 0 Å². The number of fused-ring (bicyclic) bond motifs is 2. The van der Waals surface area contributed by atoms with E-state index >= 15 is 0 Å². The predicted octanol–water partition coefficient (Wildman–Crippen LogP) is 3.81. The summed E-state index contributed by atoms with van der Waals surface area (Å²) in [5.41, 5.74) is 8.35. The Bertz CT molecular complexity index is 1030. The van der Waals surface area contributed by atoms with Gasteiger partial charge in [-0.15, -0.1) is 0 Å². The molecule has 0 saturated heterocycles. The van der Waals surface area contributed by atoms with Crippen molar-refractivity contribution in [1.29, 1.82) is 0 Å². The van der Waals surface area contributed by atoms with Crippen LogP contribution in [-0.2, 0) is 19.4 Å². The molecule has 1 atom stereocenters. The Morgan fingerprint density at radius 2 is 2.00 bits per heavy atom. The maximum Gasteiger partial charge on any atom is 0.251 e. The summed E-state index contributed by atoms with van der Waals surface area (Å²) in [6, 6.07) is 17.5. The molecule has 3 aromatic rings. The molecule has 1 unspecified atom stereocenters. The van der Waals surface area contributed by atoms with Gasteiger partial charge in [0.05, 0.1) is 0 Å². The topological polar surface area (TPSA) is 54.0 Å². The van der Waals surface area contributed by atoms with E-state index in [1.165, 1.54) is 16.7 Å². The Morgan fingerprint density at radius 3 is 2.89 bits per heavy atom. The van der Waals surface area contributed by atoms with Gasteiger partial charge >= 0.3 is 0 Å². The zero-order valence-corrected chi connectivity index (χ0v) is 15.7. The molecule has 0 saturated carbocycles. The van der Waals surface area contributed by atoms with Crippen LogP contribution in [0.4, 0.5) is 0 Å². The number of hydrogen-bond donors (Lipinski definition) is 2. The molecule has 1 aliphatic carbocycles. The summed E-state index contributed by atoms with van der Waals surface area (Å²) < 4.78 is 0. The second kappa shape index (κ2) is 7.21. The molecular formula is C24H23N3O. The molecule has 28 heavy (non-hydrogen) atoms. The lowest BCUT2D eigenvalue weighted by atomic mass is 9.97. The zero-order valence-electron chi connectivity index (χ0n) is 15.7. The summed E-state index contributed by atoms with van der Waals surface area (Å²) in [6.45, 7) is 1.51. The van der Waals surface area contributed by atoms with Crippen LogP contribution in [0.15, 0.2) is 60.9 Å². The number of benzene rings is 2. The standard InChI is InChI=1S/C24H23N3O/c28-24-22-12-16(3-4-17(22)9-11-26-24)14-27-23-8-6-19-13-18(5-7-21(19)23)20-2-1-10-25-15-20/h1-5,7,10,12-13,15,23,27H,6,8-9,11,14H2,(H,26,28). The monoisotopic (exact) mass is 369 g/mol. The third kappa shape index (κ3) is 3.20. The predicted molar refractivity (Wildman–Crippen MR) is 110 cm³/mol. The lowest BCUT2D eigenvalue weighted by molar-refractivity contribution is 0.0946. The van der Waals surface area contributed by atoms with Crippen LogP contribution in [0.5, 0.6) is 0 Å². The normalized spacial score (nSPS) is 17.7. The number of aryl methyl sites for hydroxylation is 1. The molecule has 4 nitrogen and oxygen atoms in total. The van der Waals surface area contributed by atoms with Gasteiger partial charge in [0.2, 0.25) is 0 Å². The maximum absolute atomic E-state index is 12.1. The van der Waals surface area contributed by atoms with Crippen molar-refractivity contribution in [2.45, 2.75) is 31.8 Å². The van der Waals surface area contributed by atoms with Crippen LogP contribution in [0.2, 0.25) is 0 Å². The second-order valence-electron chi connectivity index (χ2n) is 7.62. The molecule has 0 bridgehead atoms. The maximum atomic E-state index is 12.1. The van der Waals surface area contributed by atoms with Crippen molar-refractivity contribution in [1.82, 2.24) is 15.6 Å². The molecule has 4 heteroatoms. The van der Waals surface area contributed by atoms with E-state index in [9.17, 15) is 4.79 Å². The van der Waals surface area contributed by atoms with Crippen molar-refractivity contribution in [3.05, 3.63) is 88.7 Å². The summed E-state index contributed by atoms with van der Waals surface area (Å²) in [5.74, 6) is 0.0530. The van der Waals surface area contributed by atoms with Crippen LogP contribution in [0.25, 0.3) is 11.1 Å². The molecule has 2 heterocycles. The Labute approximate surface area is 165 Å². The van der Waals surface area contributed by atoms with Gasteiger partial charge in [-0.3, -0.25) is 9.78 Å². The molecule has 1 aliphatic heterocycles. The molecule has 2 aliphatic rings. The van der Waals surface area contributed by atoms with Gasteiger partial charge < -0.3 is 10.6 Å². The van der Waals surface area contributed by atoms with E-state index in [1.807, 2.05) is 18.3 Å². The number of nitrogens with one attached hydrogen (secondary N) is 2. The van der Waals surface area contributed by atoms with Crippen LogP contribution >= 0.6 is 0 Å². The van der Waals surface area contributed by atoms with Gasteiger partial charge in [-0.05, 0) is 64.8 Å². The van der Waals surface area contributed by atoms with E-state index in [0.717, 1.165) is 54.6 Å². The van der Waals surface area contributed by atoms with Gasteiger partial charge in [0.1, 0.15) is 0 Å². The highest BCUT2D eigenvalue weighted by Gasteiger charge is 2.23. The summed E-state index contributed by atoms with van der Waals surface area (Å²) in [6.07, 6.45) is 6.84. The van der Waals surface area contributed by atoms with Crippen LogP contribution in [-0.4, -0.2) is 17.4 Å². The summed E-state index contributed by atoms with van der Waals surface area (Å²) in [5, 5.41) is 6.62. The van der Waals surface area contributed by atoms with Gasteiger partial charge in [0.25, 0.3) is 5.91 Å². The number of aromatic nitrogens is 1. The Balaban J connectivity index is 1.31. The lowest BCUT2D eigenvalue weighted by Gasteiger charge is -2.19. The first kappa shape index (κ1) is 17.1. The molecule has 0 spiro atoms. The molecule has 5 rings (SSSR count). The first-order chi connectivity index (χ1) is 13.8. The minimum Gasteiger partial charge on any atom is -0.352 e. The quantitative estimate of drug-likeness (QED) is 0.735. The van der Waals surface area contributed by atoms with E-state index in [1.54, 1.807) is 6.20 Å². The molecule has 1 amide bonds. The Hall–Kier alpha value is -2.98. The number of carbonyl (C=O) groups excluding carboxylic acids is 1. The van der Waals surface area contributed by atoms with Crippen molar-refractivity contribution in [3.8, 4) is 11.1 Å². The number of pyridine rings is 1. The summed E-state index contributed by atoms with van der Waals surface area (Å²) in [4.78, 5) is 16.3. The molecule has 0 fully saturated rings. The van der Waals surface area contributed by atoms with Crippen molar-refractivity contribution < 1.29 is 4.79 Å². The van der Waals surface area contributed by atoms with Gasteiger partial charge in [0, 0.05) is 37.1 Å². The van der Waals surface area contributed by atoms with Gasteiger partial charge in [0.15, 0.2) is 0 Å². The van der Waals surface area contributed by atoms with Gasteiger partial charge in [-0.25, -0.2) is 0 Å². The average molecular weight is 369 g/mol. The lowest BCUT2D eigenvalue weighted by Crippen LogP contribution is -2.32. The minimum absolute atomic E-state index is 0.0530. The number of amides is 1. The first-order valence-corrected chi connectivity index (χ1v) is 9.94. The van der Waals surface area contributed by atoms with Crippen molar-refractivity contribution in [2.75, 3.05) is 6.54 Å². The fourth-order valence-corrected chi connectivity index (χ4v) is 4.35. The molecule has 1 aromatic heterocycles. The number of carbonyl (C=O) groups is 1. The van der Waals surface area contributed by atoms with E-state index in [-0.39, 0.29) is 5.91 Å². The highest BCUT2D eigenvalue weighted by molar-refractivity contribution is 5.96. The van der Waals surface area contributed by atoms with Crippen molar-refractivity contribution in [2.24, 2.45) is 0 Å². The highest BCUT2D eigenvalue weighted by atomic mass is 16.1. The van der Waals surface area contributed by atoms with Gasteiger partial charge in [-0.2, -0.15) is 0 Å². The second-order valence-corrected chi connectivity index (χ2v) is 7.62. The number of nitrogens with zero attached hydrogens (tertiary/aromatic N) is 1. The van der Waals surface area contributed by atoms with E-state index in [0.29, 0.717) is 6.04 Å². The van der Waals surface area contributed by atoms with Crippen LogP contribution in [0.1, 0.15) is 45.1 Å². The number of rotatable bonds is 4. The molecule has 2 N–H and O–H groups in total. The zero-order chi connectivity index (χ0) is 18.9. The summed E-state index contributed by atoms with van der Waals surface area (Å²) in [7, 11) is 0. The largest absolute Gasteiger partial charge is 0.352 e. The Morgan fingerprint density at radius 1 is 1.04 bits per heavy atom. The molecular weight excluding hydrogens is 346 g/mol. The van der Waals surface area contributed by atoms with E-state index < -0.39 is 0 Å². The third-order valence-corrected chi connectivity index (χ3v) is 5.87. The van der Waals surface area contributed by atoms with Crippen LogP contribution in [0, 0.1) is 0 Å². The van der Waals surface area contributed by atoms with Gasteiger partial charge in [-0.1, -0.05) is 36.4 Å². The Kier molecular flexibility index (Phi) is 4.41. The highest BCUT2D eigenvalue weighted by Crippen LogP contribution is 2.34. The van der Waals surface area contributed by atoms with E-state index in [2.05, 4.69) is 52.0 Å².